The van der Waals surface area contributed by atoms with Gasteiger partial charge >= 0.3 is 12.0 Å². The summed E-state index contributed by atoms with van der Waals surface area (Å²) in [7, 11) is 0. The number of carboxylic acid groups (broad SMARTS) is 1. The number of carbonyl (C=O) groups is 2. The standard InChI is InChI=1S/C15H26N2O4/c1-2-8-17(13-10-21-9-12(13)14(18)19)15(20)16-7-6-11-4-3-5-11/h11-13H,2-10H2,1H3,(H,16,20)(H,18,19). The summed E-state index contributed by atoms with van der Waals surface area (Å²) in [6.45, 7) is 3.73. The largest absolute Gasteiger partial charge is 0.481 e. The Morgan fingerprint density at radius 3 is 2.67 bits per heavy atom. The van der Waals surface area contributed by atoms with Crippen molar-refractivity contribution in [1.29, 1.82) is 0 Å². The number of carboxylic acids is 1. The molecule has 1 aliphatic heterocycles. The maximum Gasteiger partial charge on any atom is 0.317 e. The first kappa shape index (κ1) is 16.1. The lowest BCUT2D eigenvalue weighted by atomic mass is 9.83. The van der Waals surface area contributed by atoms with Crippen molar-refractivity contribution in [3.63, 3.8) is 0 Å². The van der Waals surface area contributed by atoms with Crippen molar-refractivity contribution >= 4 is 12.0 Å². The molecule has 6 nitrogen and oxygen atoms in total. The fourth-order valence-electron chi connectivity index (χ4n) is 3.01. The molecule has 120 valence electrons. The van der Waals surface area contributed by atoms with E-state index in [0.29, 0.717) is 19.7 Å². The van der Waals surface area contributed by atoms with Crippen LogP contribution in [0.15, 0.2) is 0 Å². The Hall–Kier alpha value is -1.30. The minimum absolute atomic E-state index is 0.155. The summed E-state index contributed by atoms with van der Waals surface area (Å²) in [5, 5.41) is 12.2. The van der Waals surface area contributed by atoms with Crippen LogP contribution in [0.4, 0.5) is 4.79 Å². The minimum atomic E-state index is -0.888. The number of nitrogens with zero attached hydrogens (tertiary/aromatic N) is 1. The average Bonchev–Trinajstić information content (AvgIpc) is 2.87. The van der Waals surface area contributed by atoms with E-state index in [4.69, 9.17) is 4.74 Å². The molecular formula is C15H26N2O4. The lowest BCUT2D eigenvalue weighted by Crippen LogP contribution is -2.51. The van der Waals surface area contributed by atoms with E-state index >= 15 is 0 Å². The Labute approximate surface area is 125 Å². The quantitative estimate of drug-likeness (QED) is 0.750. The normalized spacial score (nSPS) is 25.4. The van der Waals surface area contributed by atoms with Gasteiger partial charge in [-0.05, 0) is 18.8 Å². The Balaban J connectivity index is 1.86. The van der Waals surface area contributed by atoms with E-state index in [0.717, 1.165) is 18.8 Å². The van der Waals surface area contributed by atoms with Crippen LogP contribution in [-0.2, 0) is 9.53 Å². The highest BCUT2D eigenvalue weighted by atomic mass is 16.5. The van der Waals surface area contributed by atoms with E-state index in [2.05, 4.69) is 5.32 Å². The van der Waals surface area contributed by atoms with Gasteiger partial charge in [-0.2, -0.15) is 0 Å². The van der Waals surface area contributed by atoms with E-state index in [9.17, 15) is 14.7 Å². The molecule has 21 heavy (non-hydrogen) atoms. The first-order valence-electron chi connectivity index (χ1n) is 7.98. The number of ether oxygens (including phenoxy) is 1. The highest BCUT2D eigenvalue weighted by Crippen LogP contribution is 2.28. The summed E-state index contributed by atoms with van der Waals surface area (Å²) in [5.41, 5.74) is 0. The first-order chi connectivity index (χ1) is 10.1. The molecule has 0 spiro atoms. The second-order valence-electron chi connectivity index (χ2n) is 6.06. The molecule has 0 aromatic rings. The number of rotatable bonds is 7. The van der Waals surface area contributed by atoms with Crippen LogP contribution in [0.1, 0.15) is 39.0 Å². The van der Waals surface area contributed by atoms with E-state index < -0.39 is 11.9 Å². The van der Waals surface area contributed by atoms with Gasteiger partial charge in [0.05, 0.1) is 19.3 Å². The minimum Gasteiger partial charge on any atom is -0.481 e. The van der Waals surface area contributed by atoms with Gasteiger partial charge in [0, 0.05) is 13.1 Å². The van der Waals surface area contributed by atoms with Gasteiger partial charge in [-0.15, -0.1) is 0 Å². The van der Waals surface area contributed by atoms with Crippen molar-refractivity contribution in [3.05, 3.63) is 0 Å². The third-order valence-electron chi connectivity index (χ3n) is 4.55. The van der Waals surface area contributed by atoms with Gasteiger partial charge < -0.3 is 20.1 Å². The zero-order valence-corrected chi connectivity index (χ0v) is 12.7. The molecule has 2 rings (SSSR count). The molecule has 2 fully saturated rings. The van der Waals surface area contributed by atoms with Gasteiger partial charge in [0.1, 0.15) is 5.92 Å². The SMILES string of the molecule is CCCN(C(=O)NCCC1CCC1)C1COCC1C(=O)O. The number of nitrogens with one attached hydrogen (secondary N) is 1. The van der Waals surface area contributed by atoms with Crippen LogP contribution in [0, 0.1) is 11.8 Å². The van der Waals surface area contributed by atoms with E-state index in [-0.39, 0.29) is 18.7 Å². The van der Waals surface area contributed by atoms with Crippen molar-refractivity contribution in [3.8, 4) is 0 Å². The van der Waals surface area contributed by atoms with Crippen LogP contribution >= 0.6 is 0 Å². The summed E-state index contributed by atoms with van der Waals surface area (Å²) in [6.07, 6.45) is 5.67. The molecule has 0 radical (unpaired) electrons. The first-order valence-corrected chi connectivity index (χ1v) is 7.98. The summed E-state index contributed by atoms with van der Waals surface area (Å²) in [5.74, 6) is -0.749. The molecule has 1 saturated heterocycles. The molecule has 2 N–H and O–H groups in total. The fourth-order valence-corrected chi connectivity index (χ4v) is 3.01. The topological polar surface area (TPSA) is 78.9 Å². The highest BCUT2D eigenvalue weighted by Gasteiger charge is 2.39. The maximum atomic E-state index is 12.3. The summed E-state index contributed by atoms with van der Waals surface area (Å²) < 4.78 is 5.28. The van der Waals surface area contributed by atoms with E-state index in [1.165, 1.54) is 19.3 Å². The molecule has 1 aliphatic carbocycles. The van der Waals surface area contributed by atoms with Crippen molar-refractivity contribution in [2.75, 3.05) is 26.3 Å². The van der Waals surface area contributed by atoms with Gasteiger partial charge in [0.15, 0.2) is 0 Å². The molecule has 2 atom stereocenters. The highest BCUT2D eigenvalue weighted by molar-refractivity contribution is 5.77. The Morgan fingerprint density at radius 2 is 2.10 bits per heavy atom. The Bertz CT molecular complexity index is 371. The van der Waals surface area contributed by atoms with Crippen LogP contribution in [0.3, 0.4) is 0 Å². The third kappa shape index (κ3) is 4.09. The van der Waals surface area contributed by atoms with Crippen LogP contribution in [-0.4, -0.2) is 54.4 Å². The summed E-state index contributed by atoms with van der Waals surface area (Å²) in [4.78, 5) is 25.2. The van der Waals surface area contributed by atoms with Crippen molar-refractivity contribution in [1.82, 2.24) is 10.2 Å². The zero-order chi connectivity index (χ0) is 15.2. The lowest BCUT2D eigenvalue weighted by Gasteiger charge is -2.31. The van der Waals surface area contributed by atoms with Crippen LogP contribution in [0.25, 0.3) is 0 Å². The fraction of sp³-hybridized carbons (Fsp3) is 0.867. The van der Waals surface area contributed by atoms with Gasteiger partial charge in [0.25, 0.3) is 0 Å². The number of hydrogen-bond acceptors (Lipinski definition) is 3. The predicted molar refractivity (Wildman–Crippen MR) is 78.1 cm³/mol. The molecule has 2 amide bonds. The molecule has 0 aromatic carbocycles. The number of amides is 2. The number of urea groups is 1. The predicted octanol–water partition coefficient (Wildman–Crippen LogP) is 1.70. The summed E-state index contributed by atoms with van der Waals surface area (Å²) >= 11 is 0. The molecule has 2 unspecified atom stereocenters. The average molecular weight is 298 g/mol. The van der Waals surface area contributed by atoms with Crippen LogP contribution in [0.2, 0.25) is 0 Å². The maximum absolute atomic E-state index is 12.3. The number of hydrogen-bond donors (Lipinski definition) is 2. The summed E-state index contributed by atoms with van der Waals surface area (Å²) in [6, 6.07) is -0.510. The molecule has 0 bridgehead atoms. The third-order valence-corrected chi connectivity index (χ3v) is 4.55. The Morgan fingerprint density at radius 1 is 1.33 bits per heavy atom. The van der Waals surface area contributed by atoms with Crippen molar-refractivity contribution < 1.29 is 19.4 Å². The van der Waals surface area contributed by atoms with E-state index in [1.807, 2.05) is 6.92 Å². The van der Waals surface area contributed by atoms with Crippen LogP contribution < -0.4 is 5.32 Å². The van der Waals surface area contributed by atoms with Gasteiger partial charge in [-0.25, -0.2) is 4.79 Å². The van der Waals surface area contributed by atoms with Gasteiger partial charge in [-0.3, -0.25) is 4.79 Å². The number of carbonyl (C=O) groups excluding carboxylic acids is 1. The van der Waals surface area contributed by atoms with Crippen molar-refractivity contribution in [2.24, 2.45) is 11.8 Å². The number of aliphatic carboxylic acids is 1. The molecule has 6 heteroatoms. The molecule has 0 aromatic heterocycles. The molecule has 2 aliphatic rings. The second kappa shape index (κ2) is 7.64. The molecular weight excluding hydrogens is 272 g/mol. The van der Waals surface area contributed by atoms with Gasteiger partial charge in [0.2, 0.25) is 0 Å². The lowest BCUT2D eigenvalue weighted by molar-refractivity contribution is -0.142. The monoisotopic (exact) mass is 298 g/mol. The smallest absolute Gasteiger partial charge is 0.317 e. The molecule has 1 heterocycles. The molecule has 1 saturated carbocycles. The Kier molecular flexibility index (Phi) is 5.85. The zero-order valence-electron chi connectivity index (χ0n) is 12.7. The van der Waals surface area contributed by atoms with Crippen molar-refractivity contribution in [2.45, 2.75) is 45.1 Å². The van der Waals surface area contributed by atoms with E-state index in [1.54, 1.807) is 4.90 Å². The second-order valence-corrected chi connectivity index (χ2v) is 6.06. The van der Waals surface area contributed by atoms with Gasteiger partial charge in [-0.1, -0.05) is 26.2 Å². The van der Waals surface area contributed by atoms with Crippen LogP contribution in [0.5, 0.6) is 0 Å².